The number of hydrogen-bond acceptors (Lipinski definition) is 5. The number of aryl methyl sites for hydroxylation is 1. The minimum Gasteiger partial charge on any atom is -0.381 e. The van der Waals surface area contributed by atoms with E-state index in [0.717, 1.165) is 57.9 Å². The second-order valence-electron chi connectivity index (χ2n) is 5.68. The molecule has 0 atom stereocenters. The van der Waals surface area contributed by atoms with Crippen LogP contribution in [0.15, 0.2) is 11.2 Å². The van der Waals surface area contributed by atoms with Gasteiger partial charge >= 0.3 is 0 Å². The van der Waals surface area contributed by atoms with Crippen LogP contribution in [0.5, 0.6) is 0 Å². The highest BCUT2D eigenvalue weighted by atomic mass is 32.2. The number of aliphatic imine (C=N–C) groups is 1. The third-order valence-electron chi connectivity index (χ3n) is 4.22. The van der Waals surface area contributed by atoms with Crippen molar-refractivity contribution in [2.24, 2.45) is 4.99 Å². The molecule has 0 radical (unpaired) electrons. The first kappa shape index (κ1) is 18.5. The molecule has 1 fully saturated rings. The van der Waals surface area contributed by atoms with Gasteiger partial charge < -0.3 is 15.4 Å². The van der Waals surface area contributed by atoms with E-state index in [9.17, 15) is 0 Å². The van der Waals surface area contributed by atoms with Crippen LogP contribution in [0.25, 0.3) is 0 Å². The van der Waals surface area contributed by atoms with Crippen molar-refractivity contribution in [2.45, 2.75) is 37.4 Å². The molecular weight excluding hydrogens is 328 g/mol. The van der Waals surface area contributed by atoms with Crippen molar-refractivity contribution in [3.05, 3.63) is 16.1 Å². The number of guanidine groups is 1. The summed E-state index contributed by atoms with van der Waals surface area (Å²) in [6.45, 7) is 5.66. The minimum atomic E-state index is 0.265. The molecule has 23 heavy (non-hydrogen) atoms. The fourth-order valence-corrected chi connectivity index (χ4v) is 4.23. The van der Waals surface area contributed by atoms with Crippen molar-refractivity contribution in [2.75, 3.05) is 39.6 Å². The fourth-order valence-electron chi connectivity index (χ4n) is 2.58. The molecule has 0 aromatic carbocycles. The van der Waals surface area contributed by atoms with Gasteiger partial charge in [0.15, 0.2) is 5.96 Å². The van der Waals surface area contributed by atoms with Crippen LogP contribution in [-0.4, -0.2) is 55.3 Å². The van der Waals surface area contributed by atoms with E-state index >= 15 is 0 Å². The predicted molar refractivity (Wildman–Crippen MR) is 101 cm³/mol. The summed E-state index contributed by atoms with van der Waals surface area (Å²) in [6, 6.07) is 0. The lowest BCUT2D eigenvalue weighted by Gasteiger charge is -2.36. The fraction of sp³-hybridized carbons (Fsp3) is 0.750. The van der Waals surface area contributed by atoms with E-state index in [1.807, 2.05) is 25.0 Å². The standard InChI is InChI=1S/C16H28N4OS2/c1-4-13-11-19-14(23-13)5-8-18-15(17-2)20-12-16(22-3)6-9-21-10-7-16/h11H,4-10,12H2,1-3H3,(H2,17,18,20). The van der Waals surface area contributed by atoms with Crippen LogP contribution >= 0.6 is 23.1 Å². The van der Waals surface area contributed by atoms with Crippen LogP contribution in [-0.2, 0) is 17.6 Å². The summed E-state index contributed by atoms with van der Waals surface area (Å²) < 4.78 is 5.76. The summed E-state index contributed by atoms with van der Waals surface area (Å²) >= 11 is 3.74. The molecule has 1 aromatic rings. The van der Waals surface area contributed by atoms with E-state index in [1.165, 1.54) is 9.88 Å². The zero-order valence-corrected chi connectivity index (χ0v) is 16.0. The largest absolute Gasteiger partial charge is 0.381 e. The van der Waals surface area contributed by atoms with Gasteiger partial charge in [-0.15, -0.1) is 11.3 Å². The quantitative estimate of drug-likeness (QED) is 0.580. The molecule has 1 saturated heterocycles. The Morgan fingerprint density at radius 3 is 2.83 bits per heavy atom. The molecule has 0 spiro atoms. The van der Waals surface area contributed by atoms with Gasteiger partial charge in [-0.1, -0.05) is 6.92 Å². The van der Waals surface area contributed by atoms with Gasteiger partial charge in [0.1, 0.15) is 0 Å². The summed E-state index contributed by atoms with van der Waals surface area (Å²) in [5.41, 5.74) is 0. The van der Waals surface area contributed by atoms with Crippen molar-refractivity contribution in [3.8, 4) is 0 Å². The molecule has 1 aliphatic rings. The Labute approximate surface area is 147 Å². The SMILES string of the molecule is CCc1cnc(CCNC(=NC)NCC2(SC)CCOCC2)s1. The molecule has 2 heterocycles. The second-order valence-corrected chi connectivity index (χ2v) is 8.15. The molecule has 1 aliphatic heterocycles. The molecule has 0 aliphatic carbocycles. The number of thioether (sulfide) groups is 1. The molecule has 1 aromatic heterocycles. The van der Waals surface area contributed by atoms with E-state index in [4.69, 9.17) is 4.74 Å². The Morgan fingerprint density at radius 1 is 1.43 bits per heavy atom. The Balaban J connectivity index is 1.74. The highest BCUT2D eigenvalue weighted by molar-refractivity contribution is 8.00. The van der Waals surface area contributed by atoms with Gasteiger partial charge in [-0.25, -0.2) is 4.98 Å². The Bertz CT molecular complexity index is 498. The van der Waals surface area contributed by atoms with Crippen LogP contribution in [0.3, 0.4) is 0 Å². The normalized spacial score (nSPS) is 18.0. The minimum absolute atomic E-state index is 0.265. The molecular formula is C16H28N4OS2. The van der Waals surface area contributed by atoms with Gasteiger partial charge in [0.2, 0.25) is 0 Å². The lowest BCUT2D eigenvalue weighted by molar-refractivity contribution is 0.0783. The van der Waals surface area contributed by atoms with E-state index < -0.39 is 0 Å². The van der Waals surface area contributed by atoms with Crippen molar-refractivity contribution < 1.29 is 4.74 Å². The van der Waals surface area contributed by atoms with Gasteiger partial charge in [-0.2, -0.15) is 11.8 Å². The average Bonchev–Trinajstić information content (AvgIpc) is 3.06. The Morgan fingerprint density at radius 2 is 2.22 bits per heavy atom. The molecule has 130 valence electrons. The van der Waals surface area contributed by atoms with E-state index in [0.29, 0.717) is 0 Å². The highest BCUT2D eigenvalue weighted by Crippen LogP contribution is 2.32. The van der Waals surface area contributed by atoms with E-state index in [-0.39, 0.29) is 4.75 Å². The summed E-state index contributed by atoms with van der Waals surface area (Å²) in [5.74, 6) is 0.872. The average molecular weight is 357 g/mol. The number of nitrogens with zero attached hydrogens (tertiary/aromatic N) is 2. The first-order valence-electron chi connectivity index (χ1n) is 8.22. The van der Waals surface area contributed by atoms with Crippen LogP contribution in [0.1, 0.15) is 29.7 Å². The van der Waals surface area contributed by atoms with Gasteiger partial charge in [-0.05, 0) is 25.5 Å². The molecule has 2 rings (SSSR count). The number of thiazole rings is 1. The predicted octanol–water partition coefficient (Wildman–Crippen LogP) is 2.33. The summed E-state index contributed by atoms with van der Waals surface area (Å²) in [7, 11) is 1.82. The smallest absolute Gasteiger partial charge is 0.191 e. The second kappa shape index (κ2) is 9.49. The van der Waals surface area contributed by atoms with Gasteiger partial charge in [0.05, 0.1) is 5.01 Å². The van der Waals surface area contributed by atoms with Crippen LogP contribution in [0.4, 0.5) is 0 Å². The van der Waals surface area contributed by atoms with Crippen molar-refractivity contribution in [3.63, 3.8) is 0 Å². The van der Waals surface area contributed by atoms with Crippen LogP contribution in [0, 0.1) is 0 Å². The Hall–Kier alpha value is -0.790. The van der Waals surface area contributed by atoms with E-state index in [1.54, 1.807) is 11.3 Å². The highest BCUT2D eigenvalue weighted by Gasteiger charge is 2.31. The van der Waals surface area contributed by atoms with Gasteiger partial charge in [-0.3, -0.25) is 4.99 Å². The first-order valence-corrected chi connectivity index (χ1v) is 10.3. The first-order chi connectivity index (χ1) is 11.2. The maximum Gasteiger partial charge on any atom is 0.191 e. The van der Waals surface area contributed by atoms with E-state index in [2.05, 4.69) is 33.8 Å². The zero-order valence-electron chi connectivity index (χ0n) is 14.4. The molecule has 5 nitrogen and oxygen atoms in total. The van der Waals surface area contributed by atoms with Gasteiger partial charge in [0, 0.05) is 55.6 Å². The number of nitrogens with one attached hydrogen (secondary N) is 2. The van der Waals surface area contributed by atoms with Gasteiger partial charge in [0.25, 0.3) is 0 Å². The molecule has 2 N–H and O–H groups in total. The Kier molecular flexibility index (Phi) is 7.65. The molecule has 0 saturated carbocycles. The monoisotopic (exact) mass is 356 g/mol. The number of ether oxygens (including phenoxy) is 1. The third-order valence-corrected chi connectivity index (χ3v) is 6.84. The topological polar surface area (TPSA) is 58.5 Å². The number of hydrogen-bond donors (Lipinski definition) is 2. The van der Waals surface area contributed by atoms with Crippen molar-refractivity contribution in [1.82, 2.24) is 15.6 Å². The lowest BCUT2D eigenvalue weighted by Crippen LogP contribution is -2.48. The zero-order chi connectivity index (χ0) is 16.5. The molecule has 7 heteroatoms. The summed E-state index contributed by atoms with van der Waals surface area (Å²) in [4.78, 5) is 10.1. The maximum absolute atomic E-state index is 5.49. The number of rotatable bonds is 7. The van der Waals surface area contributed by atoms with Crippen LogP contribution < -0.4 is 10.6 Å². The molecule has 0 amide bonds. The van der Waals surface area contributed by atoms with Crippen molar-refractivity contribution >= 4 is 29.1 Å². The lowest BCUT2D eigenvalue weighted by atomic mass is 9.99. The summed E-state index contributed by atoms with van der Waals surface area (Å²) in [5, 5.41) is 8.06. The summed E-state index contributed by atoms with van der Waals surface area (Å²) in [6.07, 6.45) is 8.37. The van der Waals surface area contributed by atoms with Crippen LogP contribution in [0.2, 0.25) is 0 Å². The third kappa shape index (κ3) is 5.65. The number of aromatic nitrogens is 1. The maximum atomic E-state index is 5.49. The molecule has 0 unspecified atom stereocenters. The molecule has 0 bridgehead atoms. The van der Waals surface area contributed by atoms with Crippen molar-refractivity contribution in [1.29, 1.82) is 0 Å².